The average Bonchev–Trinajstić information content (AvgIpc) is 2.37. The van der Waals surface area contributed by atoms with Gasteiger partial charge in [0.05, 0.1) is 12.5 Å². The topological polar surface area (TPSA) is 78.6 Å². The van der Waals surface area contributed by atoms with Crippen molar-refractivity contribution in [3.8, 4) is 5.75 Å². The Balaban J connectivity index is 2.91. The van der Waals surface area contributed by atoms with Crippen LogP contribution in [0.1, 0.15) is 32.4 Å². The van der Waals surface area contributed by atoms with Crippen LogP contribution in [0.25, 0.3) is 0 Å². The Morgan fingerprint density at radius 3 is 2.16 bits per heavy atom. The fourth-order valence-electron chi connectivity index (χ4n) is 1.72. The summed E-state index contributed by atoms with van der Waals surface area (Å²) in [5.74, 6) is -0.310. The highest BCUT2D eigenvalue weighted by Gasteiger charge is 2.36. The van der Waals surface area contributed by atoms with Gasteiger partial charge in [-0.3, -0.25) is 9.59 Å². The molecular weight excluding hydrogens is 246 g/mol. The molecule has 19 heavy (non-hydrogen) atoms. The largest absolute Gasteiger partial charge is 0.469 e. The second-order valence-electron chi connectivity index (χ2n) is 4.85. The third-order valence-electron chi connectivity index (χ3n) is 2.99. The minimum atomic E-state index is -0.836. The molecule has 0 aliphatic heterocycles. The smallest absolute Gasteiger partial charge is 0.313 e. The summed E-state index contributed by atoms with van der Waals surface area (Å²) in [4.78, 5) is 22.5. The van der Waals surface area contributed by atoms with Crippen LogP contribution in [0.5, 0.6) is 5.75 Å². The van der Waals surface area contributed by atoms with Gasteiger partial charge in [0.2, 0.25) is 0 Å². The van der Waals surface area contributed by atoms with Crippen LogP contribution in [-0.4, -0.2) is 19.0 Å². The first kappa shape index (κ1) is 15.2. The minimum absolute atomic E-state index is 0.371. The number of benzene rings is 1. The van der Waals surface area contributed by atoms with Crippen LogP contribution in [-0.2, 0) is 14.3 Å². The van der Waals surface area contributed by atoms with Crippen LogP contribution < -0.4 is 10.5 Å². The normalized spacial score (nSPS) is 12.7. The highest BCUT2D eigenvalue weighted by Crippen LogP contribution is 2.33. The maximum Gasteiger partial charge on any atom is 0.313 e. The number of methoxy groups -OCH3 is 1. The van der Waals surface area contributed by atoms with Gasteiger partial charge in [0.1, 0.15) is 5.75 Å². The summed E-state index contributed by atoms with van der Waals surface area (Å²) in [6.45, 7) is 4.78. The number of nitrogens with two attached hydrogens (primary N) is 1. The van der Waals surface area contributed by atoms with Gasteiger partial charge in [-0.05, 0) is 31.5 Å². The quantitative estimate of drug-likeness (QED) is 0.663. The molecule has 0 heterocycles. The molecule has 5 heteroatoms. The van der Waals surface area contributed by atoms with E-state index in [2.05, 4.69) is 0 Å². The number of carbonyl (C=O) groups is 2. The molecule has 0 saturated carbocycles. The first-order valence-corrected chi connectivity index (χ1v) is 5.91. The van der Waals surface area contributed by atoms with E-state index in [-0.39, 0.29) is 11.9 Å². The van der Waals surface area contributed by atoms with E-state index in [1.807, 2.05) is 0 Å². The highest BCUT2D eigenvalue weighted by atomic mass is 16.5. The van der Waals surface area contributed by atoms with Gasteiger partial charge in [0.25, 0.3) is 0 Å². The molecule has 0 saturated heterocycles. The Morgan fingerprint density at radius 1 is 1.21 bits per heavy atom. The zero-order valence-electron chi connectivity index (χ0n) is 11.6. The first-order chi connectivity index (χ1) is 8.78. The van der Waals surface area contributed by atoms with Crippen molar-refractivity contribution in [2.45, 2.75) is 26.8 Å². The van der Waals surface area contributed by atoms with E-state index in [4.69, 9.17) is 15.2 Å². The second-order valence-corrected chi connectivity index (χ2v) is 4.85. The summed E-state index contributed by atoms with van der Waals surface area (Å²) >= 11 is 0. The van der Waals surface area contributed by atoms with E-state index in [0.717, 1.165) is 5.56 Å². The van der Waals surface area contributed by atoms with Gasteiger partial charge in [0.15, 0.2) is 0 Å². The van der Waals surface area contributed by atoms with E-state index >= 15 is 0 Å². The molecule has 0 aromatic heterocycles. The number of hydrogen-bond donors (Lipinski definition) is 1. The molecule has 0 bridgehead atoms. The molecule has 0 amide bonds. The molecule has 0 unspecified atom stereocenters. The van der Waals surface area contributed by atoms with Gasteiger partial charge in [0, 0.05) is 13.0 Å². The molecule has 0 aliphatic carbocycles. The summed E-state index contributed by atoms with van der Waals surface area (Å²) in [6.07, 6.45) is 0. The zero-order chi connectivity index (χ0) is 14.6. The van der Waals surface area contributed by atoms with E-state index in [1.54, 1.807) is 38.1 Å². The lowest BCUT2D eigenvalue weighted by Gasteiger charge is -2.28. The molecule has 104 valence electrons. The van der Waals surface area contributed by atoms with Crippen molar-refractivity contribution in [1.29, 1.82) is 0 Å². The van der Waals surface area contributed by atoms with Crippen molar-refractivity contribution >= 4 is 11.9 Å². The lowest BCUT2D eigenvalue weighted by atomic mass is 9.81. The Labute approximate surface area is 112 Å². The third-order valence-corrected chi connectivity index (χ3v) is 2.99. The Morgan fingerprint density at radius 2 is 1.74 bits per heavy atom. The molecule has 1 aromatic rings. The number of carbonyl (C=O) groups excluding carboxylic acids is 2. The Kier molecular flexibility index (Phi) is 4.67. The molecule has 0 fully saturated rings. The molecule has 1 aromatic carbocycles. The summed E-state index contributed by atoms with van der Waals surface area (Å²) in [5.41, 5.74) is 6.03. The maximum atomic E-state index is 11.7. The summed E-state index contributed by atoms with van der Waals surface area (Å²) in [5, 5.41) is 0. The van der Waals surface area contributed by atoms with Gasteiger partial charge in [-0.1, -0.05) is 12.1 Å². The standard InChI is InChI=1S/C14H19NO4/c1-9(16)19-11-7-5-10(6-8-11)12(15)14(2,3)13(17)18-4/h5-8,12H,15H2,1-4H3/t12-/m0/s1. The third kappa shape index (κ3) is 3.54. The van der Waals surface area contributed by atoms with Crippen molar-refractivity contribution in [2.75, 3.05) is 7.11 Å². The molecule has 5 nitrogen and oxygen atoms in total. The van der Waals surface area contributed by atoms with Crippen LogP contribution in [0.2, 0.25) is 0 Å². The van der Waals surface area contributed by atoms with E-state index in [9.17, 15) is 9.59 Å². The van der Waals surface area contributed by atoms with Crippen molar-refractivity contribution in [2.24, 2.45) is 11.1 Å². The molecular formula is C14H19NO4. The minimum Gasteiger partial charge on any atom is -0.469 e. The fraction of sp³-hybridized carbons (Fsp3) is 0.429. The van der Waals surface area contributed by atoms with E-state index in [0.29, 0.717) is 5.75 Å². The van der Waals surface area contributed by atoms with Gasteiger partial charge < -0.3 is 15.2 Å². The molecule has 1 rings (SSSR count). The second kappa shape index (κ2) is 5.84. The first-order valence-electron chi connectivity index (χ1n) is 5.91. The van der Waals surface area contributed by atoms with Crippen LogP contribution in [0.15, 0.2) is 24.3 Å². The van der Waals surface area contributed by atoms with Crippen molar-refractivity contribution in [3.63, 3.8) is 0 Å². The van der Waals surface area contributed by atoms with Crippen molar-refractivity contribution < 1.29 is 19.1 Å². The van der Waals surface area contributed by atoms with Crippen molar-refractivity contribution in [3.05, 3.63) is 29.8 Å². The highest BCUT2D eigenvalue weighted by molar-refractivity contribution is 5.77. The predicted octanol–water partition coefficient (Wildman–Crippen LogP) is 1.81. The zero-order valence-corrected chi connectivity index (χ0v) is 11.6. The molecule has 0 spiro atoms. The van der Waals surface area contributed by atoms with Crippen LogP contribution >= 0.6 is 0 Å². The molecule has 0 radical (unpaired) electrons. The van der Waals surface area contributed by atoms with Crippen molar-refractivity contribution in [1.82, 2.24) is 0 Å². The molecule has 0 aliphatic rings. The summed E-state index contributed by atoms with van der Waals surface area (Å²) < 4.78 is 9.68. The fourth-order valence-corrected chi connectivity index (χ4v) is 1.72. The maximum absolute atomic E-state index is 11.7. The van der Waals surface area contributed by atoms with E-state index < -0.39 is 11.5 Å². The van der Waals surface area contributed by atoms with Crippen LogP contribution in [0, 0.1) is 5.41 Å². The van der Waals surface area contributed by atoms with Gasteiger partial charge >= 0.3 is 11.9 Å². The summed E-state index contributed by atoms with van der Waals surface area (Å²) in [6, 6.07) is 6.24. The SMILES string of the molecule is COC(=O)C(C)(C)[C@@H](N)c1ccc(OC(C)=O)cc1. The molecule has 1 atom stereocenters. The number of rotatable bonds is 4. The van der Waals surface area contributed by atoms with Crippen LogP contribution in [0.4, 0.5) is 0 Å². The summed E-state index contributed by atoms with van der Waals surface area (Å²) in [7, 11) is 1.33. The lowest BCUT2D eigenvalue weighted by Crippen LogP contribution is -2.37. The number of ether oxygens (including phenoxy) is 2. The lowest BCUT2D eigenvalue weighted by molar-refractivity contribution is -0.152. The monoisotopic (exact) mass is 265 g/mol. The van der Waals surface area contributed by atoms with Gasteiger partial charge in [-0.15, -0.1) is 0 Å². The average molecular weight is 265 g/mol. The van der Waals surface area contributed by atoms with E-state index in [1.165, 1.54) is 14.0 Å². The van der Waals surface area contributed by atoms with Gasteiger partial charge in [-0.25, -0.2) is 0 Å². The Bertz CT molecular complexity index is 465. The predicted molar refractivity (Wildman–Crippen MR) is 70.5 cm³/mol. The Hall–Kier alpha value is -1.88. The molecule has 2 N–H and O–H groups in total. The number of esters is 2. The van der Waals surface area contributed by atoms with Gasteiger partial charge in [-0.2, -0.15) is 0 Å². The van der Waals surface area contributed by atoms with Crippen LogP contribution in [0.3, 0.4) is 0 Å². The number of hydrogen-bond acceptors (Lipinski definition) is 5.